The lowest BCUT2D eigenvalue weighted by atomic mass is 10.1. The lowest BCUT2D eigenvalue weighted by Crippen LogP contribution is -2.33. The van der Waals surface area contributed by atoms with Gasteiger partial charge >= 0.3 is 12.1 Å². The van der Waals surface area contributed by atoms with Crippen LogP contribution in [0.1, 0.15) is 23.6 Å². The lowest BCUT2D eigenvalue weighted by Gasteiger charge is -2.21. The molecule has 2 aromatic carbocycles. The third kappa shape index (κ3) is 6.54. The van der Waals surface area contributed by atoms with E-state index in [4.69, 9.17) is 9.47 Å². The predicted molar refractivity (Wildman–Crippen MR) is 124 cm³/mol. The maximum absolute atomic E-state index is 14.0. The van der Waals surface area contributed by atoms with Gasteiger partial charge in [0, 0.05) is 50.8 Å². The van der Waals surface area contributed by atoms with E-state index >= 15 is 0 Å². The second kappa shape index (κ2) is 11.1. The molecule has 3 atom stereocenters. The van der Waals surface area contributed by atoms with E-state index in [1.807, 2.05) is 17.0 Å². The molecule has 2 fully saturated rings. The standard InChI is InChI=1S/C26H30F4N2O4/c1-2-35-23(25(33)34)11-16-3-6-19(7-4-16)36-10-9-31-24-20-14-32(15-21(20)24)13-17-12-18(26(28,29)30)5-8-22(17)27/h3-8,12,20-21,23-24,31H,2,9-11,13-15H2,1H3,(H,33,34)/t20?,21?,23-,24?/m0/s1. The zero-order valence-electron chi connectivity index (χ0n) is 19.9. The van der Waals surface area contributed by atoms with Gasteiger partial charge in [0.2, 0.25) is 0 Å². The number of piperidine rings is 1. The molecular formula is C26H30F4N2O4. The Morgan fingerprint density at radius 3 is 2.47 bits per heavy atom. The van der Waals surface area contributed by atoms with Crippen LogP contribution in [0.2, 0.25) is 0 Å². The van der Waals surface area contributed by atoms with Crippen LogP contribution in [0.5, 0.6) is 5.75 Å². The smallest absolute Gasteiger partial charge is 0.416 e. The molecule has 0 amide bonds. The van der Waals surface area contributed by atoms with E-state index in [-0.39, 0.29) is 18.5 Å². The number of rotatable bonds is 12. The fourth-order valence-corrected chi connectivity index (χ4v) is 4.91. The highest BCUT2D eigenvalue weighted by Gasteiger charge is 2.55. The summed E-state index contributed by atoms with van der Waals surface area (Å²) >= 11 is 0. The van der Waals surface area contributed by atoms with E-state index in [9.17, 15) is 27.5 Å². The number of hydrogen-bond acceptors (Lipinski definition) is 5. The molecule has 36 heavy (non-hydrogen) atoms. The van der Waals surface area contributed by atoms with Gasteiger partial charge in [-0.25, -0.2) is 9.18 Å². The van der Waals surface area contributed by atoms with Crippen LogP contribution in [0.15, 0.2) is 42.5 Å². The molecule has 1 aliphatic heterocycles. The first-order valence-electron chi connectivity index (χ1n) is 12.0. The summed E-state index contributed by atoms with van der Waals surface area (Å²) in [5, 5.41) is 12.7. The minimum atomic E-state index is -4.48. The highest BCUT2D eigenvalue weighted by atomic mass is 19.4. The van der Waals surface area contributed by atoms with Crippen molar-refractivity contribution in [1.29, 1.82) is 0 Å². The number of nitrogens with zero attached hydrogens (tertiary/aromatic N) is 1. The molecule has 0 spiro atoms. The van der Waals surface area contributed by atoms with Gasteiger partial charge in [0.05, 0.1) is 5.56 Å². The molecule has 1 heterocycles. The summed E-state index contributed by atoms with van der Waals surface area (Å²) < 4.78 is 63.8. The third-order valence-corrected chi connectivity index (χ3v) is 6.78. The Hall–Kier alpha value is -2.69. The quantitative estimate of drug-likeness (QED) is 0.333. The van der Waals surface area contributed by atoms with Crippen LogP contribution in [0.25, 0.3) is 0 Å². The summed E-state index contributed by atoms with van der Waals surface area (Å²) in [5.41, 5.74) is 0.0977. The Morgan fingerprint density at radius 1 is 1.17 bits per heavy atom. The Kier molecular flexibility index (Phi) is 8.17. The van der Waals surface area contributed by atoms with Gasteiger partial charge in [0.1, 0.15) is 18.2 Å². The normalized spacial score (nSPS) is 22.3. The molecule has 2 unspecified atom stereocenters. The fraction of sp³-hybridized carbons (Fsp3) is 0.500. The van der Waals surface area contributed by atoms with Crippen LogP contribution in [-0.4, -0.2) is 61.0 Å². The third-order valence-electron chi connectivity index (χ3n) is 6.78. The summed E-state index contributed by atoms with van der Waals surface area (Å²) in [6, 6.07) is 10.2. The molecule has 1 saturated carbocycles. The number of alkyl halides is 3. The SMILES string of the molecule is CCO[C@@H](Cc1ccc(OCCNC2C3CN(Cc4cc(C(F)(F)F)ccc4F)CC32)cc1)C(=O)O. The minimum absolute atomic E-state index is 0.0754. The fourth-order valence-electron chi connectivity index (χ4n) is 4.91. The van der Waals surface area contributed by atoms with Crippen LogP contribution >= 0.6 is 0 Å². The van der Waals surface area contributed by atoms with E-state index in [2.05, 4.69) is 5.32 Å². The maximum Gasteiger partial charge on any atom is 0.416 e. The molecule has 2 aromatic rings. The van der Waals surface area contributed by atoms with Gasteiger partial charge in [0.15, 0.2) is 6.10 Å². The van der Waals surface area contributed by atoms with Crippen molar-refractivity contribution in [2.24, 2.45) is 11.8 Å². The molecule has 2 aliphatic rings. The van der Waals surface area contributed by atoms with E-state index in [0.29, 0.717) is 43.4 Å². The largest absolute Gasteiger partial charge is 0.492 e. The zero-order valence-corrected chi connectivity index (χ0v) is 19.9. The van der Waals surface area contributed by atoms with Crippen molar-refractivity contribution >= 4 is 5.97 Å². The van der Waals surface area contributed by atoms with Crippen LogP contribution < -0.4 is 10.1 Å². The highest BCUT2D eigenvalue weighted by Crippen LogP contribution is 2.46. The summed E-state index contributed by atoms with van der Waals surface area (Å²) in [5.74, 6) is -0.0936. The predicted octanol–water partition coefficient (Wildman–Crippen LogP) is 3.98. The van der Waals surface area contributed by atoms with E-state index in [1.54, 1.807) is 19.1 Å². The number of benzene rings is 2. The molecular weight excluding hydrogens is 480 g/mol. The number of fused-ring (bicyclic) bond motifs is 1. The van der Waals surface area contributed by atoms with E-state index < -0.39 is 29.6 Å². The summed E-state index contributed by atoms with van der Waals surface area (Å²) in [4.78, 5) is 13.2. The summed E-state index contributed by atoms with van der Waals surface area (Å²) in [6.45, 7) is 4.82. The van der Waals surface area contributed by atoms with Crippen LogP contribution in [0, 0.1) is 17.7 Å². The van der Waals surface area contributed by atoms with Crippen LogP contribution in [0.3, 0.4) is 0 Å². The molecule has 196 valence electrons. The number of carboxylic acids is 1. The number of ether oxygens (including phenoxy) is 2. The molecule has 0 aromatic heterocycles. The van der Waals surface area contributed by atoms with Crippen molar-refractivity contribution in [3.05, 3.63) is 65.0 Å². The molecule has 0 bridgehead atoms. The van der Waals surface area contributed by atoms with Crippen LogP contribution in [-0.2, 0) is 28.7 Å². The van der Waals surface area contributed by atoms with Crippen molar-refractivity contribution in [2.45, 2.75) is 38.2 Å². The van der Waals surface area contributed by atoms with Crippen molar-refractivity contribution in [1.82, 2.24) is 10.2 Å². The van der Waals surface area contributed by atoms with Gasteiger partial charge in [-0.2, -0.15) is 13.2 Å². The van der Waals surface area contributed by atoms with E-state index in [1.165, 1.54) is 0 Å². The molecule has 6 nitrogen and oxygen atoms in total. The van der Waals surface area contributed by atoms with Gasteiger partial charge in [-0.15, -0.1) is 0 Å². The topological polar surface area (TPSA) is 71.0 Å². The Bertz CT molecular complexity index is 1040. The zero-order chi connectivity index (χ0) is 25.9. The molecule has 1 aliphatic carbocycles. The number of aliphatic carboxylic acids is 1. The first kappa shape index (κ1) is 26.4. The number of carboxylic acid groups (broad SMARTS) is 1. The van der Waals surface area contributed by atoms with Gasteiger partial charge in [-0.3, -0.25) is 4.90 Å². The Balaban J connectivity index is 1.15. The van der Waals surface area contributed by atoms with Crippen molar-refractivity contribution in [3.8, 4) is 5.75 Å². The first-order valence-corrected chi connectivity index (χ1v) is 12.0. The van der Waals surface area contributed by atoms with Crippen molar-refractivity contribution in [3.63, 3.8) is 0 Å². The van der Waals surface area contributed by atoms with Gasteiger partial charge in [-0.1, -0.05) is 12.1 Å². The maximum atomic E-state index is 14.0. The van der Waals surface area contributed by atoms with Crippen molar-refractivity contribution < 1.29 is 36.9 Å². The van der Waals surface area contributed by atoms with E-state index in [0.717, 1.165) is 36.9 Å². The number of nitrogens with one attached hydrogen (secondary N) is 1. The Labute approximate surface area is 207 Å². The molecule has 0 radical (unpaired) electrons. The molecule has 4 rings (SSSR count). The average molecular weight is 511 g/mol. The van der Waals surface area contributed by atoms with Gasteiger partial charge < -0.3 is 19.9 Å². The number of carbonyl (C=O) groups is 1. The van der Waals surface area contributed by atoms with Crippen LogP contribution in [0.4, 0.5) is 17.6 Å². The number of halogens is 4. The minimum Gasteiger partial charge on any atom is -0.492 e. The highest BCUT2D eigenvalue weighted by molar-refractivity contribution is 5.72. The van der Waals surface area contributed by atoms with Crippen molar-refractivity contribution in [2.75, 3.05) is 32.8 Å². The Morgan fingerprint density at radius 2 is 1.86 bits per heavy atom. The van der Waals surface area contributed by atoms with Gasteiger partial charge in [-0.05, 0) is 54.7 Å². The monoisotopic (exact) mass is 510 g/mol. The second-order valence-corrected chi connectivity index (χ2v) is 9.28. The average Bonchev–Trinajstić information content (AvgIpc) is 3.27. The van der Waals surface area contributed by atoms with Gasteiger partial charge in [0.25, 0.3) is 0 Å². The number of likely N-dealkylation sites (tertiary alicyclic amines) is 1. The summed E-state index contributed by atoms with van der Waals surface area (Å²) in [6.07, 6.45) is -5.07. The lowest BCUT2D eigenvalue weighted by molar-refractivity contribution is -0.150. The molecule has 1 saturated heterocycles. The first-order chi connectivity index (χ1) is 17.2. The number of hydrogen-bond donors (Lipinski definition) is 2. The molecule has 2 N–H and O–H groups in total. The molecule has 10 heteroatoms. The summed E-state index contributed by atoms with van der Waals surface area (Å²) in [7, 11) is 0. The second-order valence-electron chi connectivity index (χ2n) is 9.28.